The summed E-state index contributed by atoms with van der Waals surface area (Å²) in [5.41, 5.74) is 15.4. The van der Waals surface area contributed by atoms with Gasteiger partial charge >= 0.3 is 51.4 Å². The van der Waals surface area contributed by atoms with E-state index in [0.717, 1.165) is 0 Å². The van der Waals surface area contributed by atoms with E-state index in [1.165, 1.54) is 0 Å². The first-order valence-corrected chi connectivity index (χ1v) is 2.21. The van der Waals surface area contributed by atoms with Gasteiger partial charge in [-0.15, -0.1) is 0 Å². The summed E-state index contributed by atoms with van der Waals surface area (Å²) in [5, 5.41) is 0. The van der Waals surface area contributed by atoms with Crippen LogP contribution >= 0.6 is 0 Å². The zero-order chi connectivity index (χ0) is 6.85. The van der Waals surface area contributed by atoms with Crippen molar-refractivity contribution in [2.45, 2.75) is 0 Å². The van der Waals surface area contributed by atoms with Crippen LogP contribution in [0.4, 0.5) is 17.8 Å². The molecule has 1 aromatic heterocycles. The zero-order valence-electron chi connectivity index (χ0n) is 4.57. The van der Waals surface area contributed by atoms with Crippen LogP contribution in [0.1, 0.15) is 0 Å². The minimum absolute atomic E-state index is 0. The van der Waals surface area contributed by atoms with Gasteiger partial charge in [-0.1, -0.05) is 0 Å². The Labute approximate surface area is 100 Å². The molecule has 0 aliphatic heterocycles. The molecule has 0 spiro atoms. The standard InChI is InChI=1S/C3H6N6.K.H/c4-1-7-2(5)9-3(6)8-1;;/h(H6,4,5,6,7,8,9);;. The number of anilines is 3. The molecule has 1 aromatic rings. The maximum atomic E-state index is 5.14. The normalized spacial score (nSPS) is 8.40. The quantitative estimate of drug-likeness (QED) is 0.383. The van der Waals surface area contributed by atoms with Crippen molar-refractivity contribution in [2.24, 2.45) is 0 Å². The molecule has 0 aliphatic carbocycles. The van der Waals surface area contributed by atoms with Gasteiger partial charge in [-0.05, 0) is 0 Å². The van der Waals surface area contributed by atoms with Crippen molar-refractivity contribution in [3.8, 4) is 0 Å². The first-order valence-electron chi connectivity index (χ1n) is 2.21. The average molecular weight is 166 g/mol. The number of hydrogen-bond acceptors (Lipinski definition) is 6. The van der Waals surface area contributed by atoms with E-state index in [0.29, 0.717) is 0 Å². The van der Waals surface area contributed by atoms with Crippen LogP contribution in [0.3, 0.4) is 0 Å². The summed E-state index contributed by atoms with van der Waals surface area (Å²) in [5.74, 6) is 0.125. The average Bonchev–Trinajstić information content (AvgIpc) is 1.59. The summed E-state index contributed by atoms with van der Waals surface area (Å²) in [6, 6.07) is 0. The van der Waals surface area contributed by atoms with Crippen LogP contribution < -0.4 is 17.2 Å². The van der Waals surface area contributed by atoms with Gasteiger partial charge in [0, 0.05) is 0 Å². The number of rotatable bonds is 0. The number of hydrogen-bond donors (Lipinski definition) is 3. The van der Waals surface area contributed by atoms with E-state index in [4.69, 9.17) is 17.2 Å². The Morgan fingerprint density at radius 3 is 1.10 bits per heavy atom. The van der Waals surface area contributed by atoms with Gasteiger partial charge in [-0.3, -0.25) is 0 Å². The molecule has 6 N–H and O–H groups in total. The first-order chi connectivity index (χ1) is 4.18. The third-order valence-corrected chi connectivity index (χ3v) is 0.687. The fourth-order valence-corrected chi connectivity index (χ4v) is 0.427. The molecule has 0 bridgehead atoms. The molecule has 0 aromatic carbocycles. The van der Waals surface area contributed by atoms with E-state index in [9.17, 15) is 0 Å². The van der Waals surface area contributed by atoms with Crippen LogP contribution in [-0.2, 0) is 0 Å². The van der Waals surface area contributed by atoms with Gasteiger partial charge in [0.1, 0.15) is 0 Å². The van der Waals surface area contributed by atoms with Gasteiger partial charge in [-0.2, -0.15) is 15.0 Å². The van der Waals surface area contributed by atoms with Crippen LogP contribution in [0.25, 0.3) is 0 Å². The Kier molecular flexibility index (Phi) is 4.05. The molecule has 0 saturated heterocycles. The Hall–Kier alpha value is 0.0464. The summed E-state index contributed by atoms with van der Waals surface area (Å²) < 4.78 is 0. The van der Waals surface area contributed by atoms with Gasteiger partial charge in [0.05, 0.1) is 0 Å². The summed E-state index contributed by atoms with van der Waals surface area (Å²) in [4.78, 5) is 10.5. The maximum absolute atomic E-state index is 5.14. The van der Waals surface area contributed by atoms with Crippen molar-refractivity contribution in [1.82, 2.24) is 15.0 Å². The van der Waals surface area contributed by atoms with E-state index in [2.05, 4.69) is 15.0 Å². The molecule has 0 radical (unpaired) electrons. The Balaban J connectivity index is 0.000000810. The molecule has 50 valence electrons. The Bertz CT molecular complexity index is 174. The summed E-state index contributed by atoms with van der Waals surface area (Å²) in [7, 11) is 0. The van der Waals surface area contributed by atoms with E-state index in [1.807, 2.05) is 0 Å². The SMILES string of the molecule is Nc1nc(N)nc(N)n1.[KH]. The second kappa shape index (κ2) is 4.04. The number of nitrogen functional groups attached to an aromatic ring is 3. The van der Waals surface area contributed by atoms with Crippen molar-refractivity contribution < 1.29 is 0 Å². The predicted molar refractivity (Wildman–Crippen MR) is 40.2 cm³/mol. The second-order valence-electron chi connectivity index (χ2n) is 1.41. The van der Waals surface area contributed by atoms with Crippen LogP contribution in [0.15, 0.2) is 0 Å². The molecule has 0 atom stereocenters. The van der Waals surface area contributed by atoms with Gasteiger partial charge in [-0.25, -0.2) is 0 Å². The zero-order valence-corrected chi connectivity index (χ0v) is 4.57. The van der Waals surface area contributed by atoms with E-state index < -0.39 is 0 Å². The van der Waals surface area contributed by atoms with Gasteiger partial charge < -0.3 is 17.2 Å². The molecule has 0 fully saturated rings. The van der Waals surface area contributed by atoms with Crippen molar-refractivity contribution in [1.29, 1.82) is 0 Å². The van der Waals surface area contributed by atoms with Crippen LogP contribution in [0, 0.1) is 0 Å². The third kappa shape index (κ3) is 2.75. The van der Waals surface area contributed by atoms with E-state index in [-0.39, 0.29) is 69.2 Å². The summed E-state index contributed by atoms with van der Waals surface area (Å²) in [6.45, 7) is 0. The Morgan fingerprint density at radius 1 is 0.700 bits per heavy atom. The molecular formula is C3H7KN6. The van der Waals surface area contributed by atoms with Crippen molar-refractivity contribution in [3.05, 3.63) is 0 Å². The predicted octanol–water partition coefficient (Wildman–Crippen LogP) is -2.03. The summed E-state index contributed by atoms with van der Waals surface area (Å²) in [6.07, 6.45) is 0. The molecule has 10 heavy (non-hydrogen) atoms. The molecule has 7 heteroatoms. The molecule has 0 aliphatic rings. The Morgan fingerprint density at radius 2 is 0.900 bits per heavy atom. The minimum atomic E-state index is 0. The molecule has 0 saturated carbocycles. The molecule has 0 amide bonds. The topological polar surface area (TPSA) is 117 Å². The van der Waals surface area contributed by atoms with Gasteiger partial charge in [0.15, 0.2) is 0 Å². The number of nitrogens with zero attached hydrogens (tertiary/aromatic N) is 3. The van der Waals surface area contributed by atoms with Crippen molar-refractivity contribution >= 4 is 69.2 Å². The van der Waals surface area contributed by atoms with Crippen molar-refractivity contribution in [3.63, 3.8) is 0 Å². The van der Waals surface area contributed by atoms with Gasteiger partial charge in [0.25, 0.3) is 0 Å². The third-order valence-electron chi connectivity index (χ3n) is 0.687. The first kappa shape index (κ1) is 10.0. The number of aromatic nitrogens is 3. The van der Waals surface area contributed by atoms with E-state index in [1.54, 1.807) is 0 Å². The second-order valence-corrected chi connectivity index (χ2v) is 1.41. The monoisotopic (exact) mass is 166 g/mol. The molecule has 1 rings (SSSR count). The van der Waals surface area contributed by atoms with Crippen LogP contribution in [0.5, 0.6) is 0 Å². The molecular weight excluding hydrogens is 159 g/mol. The van der Waals surface area contributed by atoms with Gasteiger partial charge in [0.2, 0.25) is 17.8 Å². The summed E-state index contributed by atoms with van der Waals surface area (Å²) >= 11 is 0. The fraction of sp³-hybridized carbons (Fsp3) is 0. The fourth-order valence-electron chi connectivity index (χ4n) is 0.427. The van der Waals surface area contributed by atoms with Crippen molar-refractivity contribution in [2.75, 3.05) is 17.2 Å². The van der Waals surface area contributed by atoms with Crippen LogP contribution in [0.2, 0.25) is 0 Å². The number of nitrogens with two attached hydrogens (primary N) is 3. The molecule has 1 heterocycles. The molecule has 6 nitrogen and oxygen atoms in total. The van der Waals surface area contributed by atoms with Crippen LogP contribution in [-0.4, -0.2) is 66.3 Å². The van der Waals surface area contributed by atoms with E-state index >= 15 is 0 Å². The molecule has 0 unspecified atom stereocenters.